The van der Waals surface area contributed by atoms with Gasteiger partial charge in [0, 0.05) is 0 Å². The maximum atomic E-state index is 10.0. The fourth-order valence-corrected chi connectivity index (χ4v) is 1.63. The normalized spacial score (nSPS) is 15.3. The molecular weight excluding hydrogens is 184 g/mol. The predicted molar refractivity (Wildman–Crippen MR) is 64.9 cm³/mol. The first-order valence-corrected chi connectivity index (χ1v) is 5.84. The maximum Gasteiger partial charge on any atom is 0.0815 e. The molecule has 0 saturated carbocycles. The molecule has 1 aromatic rings. The van der Waals surface area contributed by atoms with Crippen LogP contribution in [0.5, 0.6) is 0 Å². The lowest BCUT2D eigenvalue weighted by Gasteiger charge is -2.18. The molecule has 0 aliphatic rings. The van der Waals surface area contributed by atoms with Crippen molar-refractivity contribution in [2.24, 2.45) is 5.92 Å². The van der Waals surface area contributed by atoms with Crippen molar-refractivity contribution < 1.29 is 5.11 Å². The fraction of sp³-hybridized carbons (Fsp3) is 0.571. The van der Waals surface area contributed by atoms with E-state index in [4.69, 9.17) is 0 Å². The zero-order chi connectivity index (χ0) is 11.4. The summed E-state index contributed by atoms with van der Waals surface area (Å²) in [5, 5.41) is 10.0. The largest absolute Gasteiger partial charge is 0.388 e. The third kappa shape index (κ3) is 3.07. The van der Waals surface area contributed by atoms with Crippen LogP contribution in [0.3, 0.4) is 0 Å². The SMILES string of the molecule is CCC(C)C(O)c1ccc(C(C)C)cc1. The van der Waals surface area contributed by atoms with Crippen molar-refractivity contribution in [1.29, 1.82) is 0 Å². The molecule has 1 nitrogen and oxygen atoms in total. The van der Waals surface area contributed by atoms with E-state index in [0.717, 1.165) is 12.0 Å². The average molecular weight is 206 g/mol. The highest BCUT2D eigenvalue weighted by molar-refractivity contribution is 5.26. The quantitative estimate of drug-likeness (QED) is 0.792. The highest BCUT2D eigenvalue weighted by Gasteiger charge is 2.14. The molecule has 0 aliphatic heterocycles. The van der Waals surface area contributed by atoms with Crippen molar-refractivity contribution >= 4 is 0 Å². The number of hydrogen-bond acceptors (Lipinski definition) is 1. The molecule has 2 unspecified atom stereocenters. The number of benzene rings is 1. The Bertz CT molecular complexity index is 287. The van der Waals surface area contributed by atoms with Gasteiger partial charge in [-0.05, 0) is 23.0 Å². The molecule has 0 aromatic heterocycles. The van der Waals surface area contributed by atoms with E-state index in [9.17, 15) is 5.11 Å². The lowest BCUT2D eigenvalue weighted by atomic mass is 9.93. The molecule has 2 atom stereocenters. The van der Waals surface area contributed by atoms with Crippen LogP contribution in [0.4, 0.5) is 0 Å². The Morgan fingerprint density at radius 2 is 1.47 bits per heavy atom. The van der Waals surface area contributed by atoms with E-state index >= 15 is 0 Å². The first-order chi connectivity index (χ1) is 7.06. The Labute approximate surface area is 93.1 Å². The number of rotatable bonds is 4. The number of aliphatic hydroxyl groups is 1. The average Bonchev–Trinajstić information content (AvgIpc) is 2.27. The van der Waals surface area contributed by atoms with Crippen LogP contribution in [0.25, 0.3) is 0 Å². The van der Waals surface area contributed by atoms with Gasteiger partial charge in [0.2, 0.25) is 0 Å². The topological polar surface area (TPSA) is 20.2 Å². The van der Waals surface area contributed by atoms with E-state index in [1.54, 1.807) is 0 Å². The number of hydrogen-bond donors (Lipinski definition) is 1. The molecule has 84 valence electrons. The van der Waals surface area contributed by atoms with Crippen LogP contribution < -0.4 is 0 Å². The molecule has 1 N–H and O–H groups in total. The van der Waals surface area contributed by atoms with E-state index in [1.807, 2.05) is 12.1 Å². The molecule has 0 amide bonds. The second-order valence-electron chi connectivity index (χ2n) is 4.65. The van der Waals surface area contributed by atoms with E-state index in [1.165, 1.54) is 5.56 Å². The highest BCUT2D eigenvalue weighted by atomic mass is 16.3. The van der Waals surface area contributed by atoms with Gasteiger partial charge in [0.05, 0.1) is 6.10 Å². The smallest absolute Gasteiger partial charge is 0.0815 e. The van der Waals surface area contributed by atoms with Crippen LogP contribution in [-0.2, 0) is 0 Å². The van der Waals surface area contributed by atoms with Gasteiger partial charge in [-0.25, -0.2) is 0 Å². The monoisotopic (exact) mass is 206 g/mol. The Morgan fingerprint density at radius 1 is 1.00 bits per heavy atom. The predicted octanol–water partition coefficient (Wildman–Crippen LogP) is 3.89. The molecule has 0 saturated heterocycles. The summed E-state index contributed by atoms with van der Waals surface area (Å²) in [6.45, 7) is 8.55. The fourth-order valence-electron chi connectivity index (χ4n) is 1.63. The summed E-state index contributed by atoms with van der Waals surface area (Å²) in [5.41, 5.74) is 2.36. The lowest BCUT2D eigenvalue weighted by Crippen LogP contribution is -2.08. The van der Waals surface area contributed by atoms with Crippen LogP contribution in [0.2, 0.25) is 0 Å². The first kappa shape index (κ1) is 12.3. The Hall–Kier alpha value is -0.820. The third-order valence-corrected chi connectivity index (χ3v) is 3.13. The van der Waals surface area contributed by atoms with Gasteiger partial charge in [-0.2, -0.15) is 0 Å². The first-order valence-electron chi connectivity index (χ1n) is 5.84. The summed E-state index contributed by atoms with van der Waals surface area (Å²) in [5.74, 6) is 0.884. The maximum absolute atomic E-state index is 10.0. The summed E-state index contributed by atoms with van der Waals surface area (Å²) in [7, 11) is 0. The van der Waals surface area contributed by atoms with E-state index < -0.39 is 0 Å². The Kier molecular flexibility index (Phi) is 4.34. The van der Waals surface area contributed by atoms with Gasteiger partial charge in [0.15, 0.2) is 0 Å². The zero-order valence-corrected chi connectivity index (χ0v) is 10.2. The molecule has 0 fully saturated rings. The molecule has 0 aliphatic carbocycles. The third-order valence-electron chi connectivity index (χ3n) is 3.13. The van der Waals surface area contributed by atoms with Gasteiger partial charge in [0.25, 0.3) is 0 Å². The highest BCUT2D eigenvalue weighted by Crippen LogP contribution is 2.25. The molecule has 0 heterocycles. The van der Waals surface area contributed by atoms with Crippen molar-refractivity contribution in [2.75, 3.05) is 0 Å². The molecule has 15 heavy (non-hydrogen) atoms. The lowest BCUT2D eigenvalue weighted by molar-refractivity contribution is 0.115. The molecule has 0 radical (unpaired) electrons. The van der Waals surface area contributed by atoms with Crippen LogP contribution >= 0.6 is 0 Å². The molecule has 1 heteroatoms. The standard InChI is InChI=1S/C14H22O/c1-5-11(4)14(15)13-8-6-12(7-9-13)10(2)3/h6-11,14-15H,5H2,1-4H3. The van der Waals surface area contributed by atoms with Gasteiger partial charge in [-0.3, -0.25) is 0 Å². The molecule has 1 rings (SSSR count). The summed E-state index contributed by atoms with van der Waals surface area (Å²) >= 11 is 0. The van der Waals surface area contributed by atoms with Gasteiger partial charge in [0.1, 0.15) is 0 Å². The van der Waals surface area contributed by atoms with Crippen LogP contribution in [0.1, 0.15) is 57.3 Å². The van der Waals surface area contributed by atoms with Crippen molar-refractivity contribution in [3.05, 3.63) is 35.4 Å². The molecule has 1 aromatic carbocycles. The minimum Gasteiger partial charge on any atom is -0.388 e. The Morgan fingerprint density at radius 3 is 1.87 bits per heavy atom. The van der Waals surface area contributed by atoms with Crippen LogP contribution in [0.15, 0.2) is 24.3 Å². The zero-order valence-electron chi connectivity index (χ0n) is 10.2. The van der Waals surface area contributed by atoms with Gasteiger partial charge < -0.3 is 5.11 Å². The second kappa shape index (κ2) is 5.32. The summed E-state index contributed by atoms with van der Waals surface area (Å²) in [4.78, 5) is 0. The molecule has 0 bridgehead atoms. The molecular formula is C14H22O. The van der Waals surface area contributed by atoms with Crippen LogP contribution in [-0.4, -0.2) is 5.11 Å². The van der Waals surface area contributed by atoms with Crippen molar-refractivity contribution in [3.8, 4) is 0 Å². The van der Waals surface area contributed by atoms with E-state index in [2.05, 4.69) is 39.8 Å². The van der Waals surface area contributed by atoms with Crippen molar-refractivity contribution in [3.63, 3.8) is 0 Å². The summed E-state index contributed by atoms with van der Waals surface area (Å²) in [6.07, 6.45) is 0.684. The molecule has 0 spiro atoms. The van der Waals surface area contributed by atoms with Gasteiger partial charge in [-0.15, -0.1) is 0 Å². The van der Waals surface area contributed by atoms with Gasteiger partial charge >= 0.3 is 0 Å². The van der Waals surface area contributed by atoms with E-state index in [0.29, 0.717) is 11.8 Å². The second-order valence-corrected chi connectivity index (χ2v) is 4.65. The van der Waals surface area contributed by atoms with Crippen molar-refractivity contribution in [1.82, 2.24) is 0 Å². The van der Waals surface area contributed by atoms with Crippen LogP contribution in [0, 0.1) is 5.92 Å². The van der Waals surface area contributed by atoms with E-state index in [-0.39, 0.29) is 6.10 Å². The number of aliphatic hydroxyl groups excluding tert-OH is 1. The van der Waals surface area contributed by atoms with Crippen molar-refractivity contribution in [2.45, 2.75) is 46.1 Å². The minimum absolute atomic E-state index is 0.323. The van der Waals surface area contributed by atoms with Gasteiger partial charge in [-0.1, -0.05) is 58.4 Å². The summed E-state index contributed by atoms with van der Waals surface area (Å²) < 4.78 is 0. The summed E-state index contributed by atoms with van der Waals surface area (Å²) in [6, 6.07) is 8.33. The Balaban J connectivity index is 2.79. The minimum atomic E-state index is -0.323.